The fraction of sp³-hybridized carbons (Fsp3) is 1.00. The molecule has 0 saturated heterocycles. The predicted octanol–water partition coefficient (Wildman–Crippen LogP) is 0.737. The molecule has 8 heavy (non-hydrogen) atoms. The van der Waals surface area contributed by atoms with Crippen molar-refractivity contribution in [2.24, 2.45) is 0 Å². The average Bonchev–Trinajstić information content (AvgIpc) is 1.62. The summed E-state index contributed by atoms with van der Waals surface area (Å²) in [5, 5.41) is 0. The van der Waals surface area contributed by atoms with E-state index in [2.05, 4.69) is 0 Å². The van der Waals surface area contributed by atoms with E-state index in [-0.39, 0.29) is 6.42 Å². The Labute approximate surface area is 48.6 Å². The summed E-state index contributed by atoms with van der Waals surface area (Å²) in [4.78, 5) is 0. The molecule has 0 N–H and O–H groups in total. The Kier molecular flexibility index (Phi) is 2.40. The van der Waals surface area contributed by atoms with Gasteiger partial charge in [0.2, 0.25) is 0 Å². The van der Waals surface area contributed by atoms with Crippen LogP contribution < -0.4 is 0 Å². The molecule has 0 aliphatic heterocycles. The molecule has 0 aliphatic rings. The van der Waals surface area contributed by atoms with Crippen LogP contribution in [0.25, 0.3) is 0 Å². The van der Waals surface area contributed by atoms with Crippen LogP contribution in [0.4, 0.5) is 4.39 Å². The van der Waals surface area contributed by atoms with Crippen LogP contribution in [0.3, 0.4) is 0 Å². The zero-order chi connectivity index (χ0) is 6.78. The number of halogens is 1. The third-order valence-corrected chi connectivity index (χ3v) is 2.05. The van der Waals surface area contributed by atoms with Gasteiger partial charge in [0, 0.05) is 6.26 Å². The summed E-state index contributed by atoms with van der Waals surface area (Å²) in [6.45, 7) is 1.49. The van der Waals surface area contributed by atoms with Crippen LogP contribution >= 0.6 is 0 Å². The first-order valence-electron chi connectivity index (χ1n) is 2.31. The maximum Gasteiger partial charge on any atom is 0.200 e. The number of hydrogen-bond acceptors (Lipinski definition) is 2. The van der Waals surface area contributed by atoms with Gasteiger partial charge in [-0.2, -0.15) is 0 Å². The van der Waals surface area contributed by atoms with Crippen molar-refractivity contribution in [1.29, 1.82) is 0 Å². The first-order chi connectivity index (χ1) is 3.48. The van der Waals surface area contributed by atoms with Gasteiger partial charge in [-0.1, -0.05) is 6.92 Å². The highest BCUT2D eigenvalue weighted by molar-refractivity contribution is 7.91. The van der Waals surface area contributed by atoms with E-state index in [4.69, 9.17) is 0 Å². The molecule has 0 amide bonds. The topological polar surface area (TPSA) is 34.1 Å². The molecule has 0 heterocycles. The van der Waals surface area contributed by atoms with Crippen molar-refractivity contribution in [3.63, 3.8) is 0 Å². The molecule has 0 fully saturated rings. The van der Waals surface area contributed by atoms with Crippen molar-refractivity contribution in [3.8, 4) is 0 Å². The van der Waals surface area contributed by atoms with E-state index in [0.29, 0.717) is 0 Å². The highest BCUT2D eigenvalue weighted by atomic mass is 32.2. The third-order valence-electron chi connectivity index (χ3n) is 0.786. The van der Waals surface area contributed by atoms with E-state index in [1.165, 1.54) is 6.92 Å². The van der Waals surface area contributed by atoms with Crippen molar-refractivity contribution in [3.05, 3.63) is 0 Å². The summed E-state index contributed by atoms with van der Waals surface area (Å²) in [7, 11) is -3.42. The second-order valence-electron chi connectivity index (χ2n) is 1.65. The van der Waals surface area contributed by atoms with Gasteiger partial charge in [-0.25, -0.2) is 12.8 Å². The van der Waals surface area contributed by atoms with Crippen molar-refractivity contribution < 1.29 is 12.8 Å². The number of rotatable bonds is 2. The molecular formula is C4H9FO2S. The first-order valence-corrected chi connectivity index (χ1v) is 4.27. The molecule has 0 spiro atoms. The fourth-order valence-corrected chi connectivity index (χ4v) is 0.908. The lowest BCUT2D eigenvalue weighted by Gasteiger charge is -1.98. The van der Waals surface area contributed by atoms with Gasteiger partial charge >= 0.3 is 0 Å². The SMILES string of the molecule is CCC(F)S(C)(=O)=O. The van der Waals surface area contributed by atoms with Crippen LogP contribution in [-0.4, -0.2) is 20.2 Å². The van der Waals surface area contributed by atoms with Gasteiger partial charge in [-0.3, -0.25) is 0 Å². The van der Waals surface area contributed by atoms with E-state index in [1.54, 1.807) is 0 Å². The minimum Gasteiger partial charge on any atom is -0.230 e. The van der Waals surface area contributed by atoms with E-state index in [0.717, 1.165) is 6.26 Å². The predicted molar refractivity (Wildman–Crippen MR) is 30.0 cm³/mol. The van der Waals surface area contributed by atoms with Crippen LogP contribution in [0.5, 0.6) is 0 Å². The van der Waals surface area contributed by atoms with Gasteiger partial charge in [-0.05, 0) is 6.42 Å². The molecule has 0 aromatic carbocycles. The minimum atomic E-state index is -3.42. The van der Waals surface area contributed by atoms with E-state index in [1.807, 2.05) is 0 Å². The zero-order valence-electron chi connectivity index (χ0n) is 4.89. The Bertz CT molecular complexity index is 149. The molecule has 1 unspecified atom stereocenters. The Hall–Kier alpha value is -0.120. The molecule has 0 saturated carbocycles. The molecule has 4 heteroatoms. The average molecular weight is 140 g/mol. The minimum absolute atomic E-state index is 0.0405. The molecule has 0 radical (unpaired) electrons. The highest BCUT2D eigenvalue weighted by Crippen LogP contribution is 2.03. The molecule has 0 rings (SSSR count). The molecule has 50 valence electrons. The first kappa shape index (κ1) is 7.88. The smallest absolute Gasteiger partial charge is 0.200 e. The standard InChI is InChI=1S/C4H9FO2S/c1-3-4(5)8(2,6)7/h4H,3H2,1-2H3. The summed E-state index contributed by atoms with van der Waals surface area (Å²) >= 11 is 0. The number of sulfone groups is 1. The molecule has 0 bridgehead atoms. The van der Waals surface area contributed by atoms with Crippen molar-refractivity contribution >= 4 is 9.84 Å². The summed E-state index contributed by atoms with van der Waals surface area (Å²) in [6, 6.07) is 0. The summed E-state index contributed by atoms with van der Waals surface area (Å²) < 4.78 is 32.4. The van der Waals surface area contributed by atoms with Crippen LogP contribution in [0, 0.1) is 0 Å². The van der Waals surface area contributed by atoms with E-state index >= 15 is 0 Å². The Balaban J connectivity index is 4.04. The Morgan fingerprint density at radius 2 is 2.00 bits per heavy atom. The normalized spacial score (nSPS) is 15.9. The lowest BCUT2D eigenvalue weighted by Crippen LogP contribution is -2.12. The van der Waals surface area contributed by atoms with Gasteiger partial charge in [-0.15, -0.1) is 0 Å². The van der Waals surface area contributed by atoms with Crippen molar-refractivity contribution in [2.45, 2.75) is 18.8 Å². The highest BCUT2D eigenvalue weighted by Gasteiger charge is 2.15. The molecule has 0 aromatic rings. The molecule has 0 aromatic heterocycles. The van der Waals surface area contributed by atoms with Crippen LogP contribution in [0.15, 0.2) is 0 Å². The Morgan fingerprint density at radius 1 is 1.62 bits per heavy atom. The maximum atomic E-state index is 12.1. The lowest BCUT2D eigenvalue weighted by molar-refractivity contribution is 0.412. The van der Waals surface area contributed by atoms with Gasteiger partial charge < -0.3 is 0 Å². The third kappa shape index (κ3) is 2.26. The van der Waals surface area contributed by atoms with Gasteiger partial charge in [0.1, 0.15) is 0 Å². The fourth-order valence-electron chi connectivity index (χ4n) is 0.303. The monoisotopic (exact) mass is 140 g/mol. The molecule has 0 aliphatic carbocycles. The largest absolute Gasteiger partial charge is 0.230 e. The summed E-state index contributed by atoms with van der Waals surface area (Å²) in [5.41, 5.74) is -1.68. The van der Waals surface area contributed by atoms with Crippen LogP contribution in [-0.2, 0) is 9.84 Å². The van der Waals surface area contributed by atoms with Crippen LogP contribution in [0.2, 0.25) is 0 Å². The van der Waals surface area contributed by atoms with Crippen LogP contribution in [0.1, 0.15) is 13.3 Å². The Morgan fingerprint density at radius 3 is 2.00 bits per heavy atom. The summed E-state index contributed by atoms with van der Waals surface area (Å²) in [6.07, 6.45) is 0.931. The molecule has 2 nitrogen and oxygen atoms in total. The molecule has 1 atom stereocenters. The zero-order valence-corrected chi connectivity index (χ0v) is 5.70. The van der Waals surface area contributed by atoms with Crippen molar-refractivity contribution in [1.82, 2.24) is 0 Å². The number of alkyl halides is 1. The quantitative estimate of drug-likeness (QED) is 0.566. The summed E-state index contributed by atoms with van der Waals surface area (Å²) in [5.74, 6) is 0. The van der Waals surface area contributed by atoms with E-state index in [9.17, 15) is 12.8 Å². The van der Waals surface area contributed by atoms with Gasteiger partial charge in [0.25, 0.3) is 0 Å². The second kappa shape index (κ2) is 2.44. The van der Waals surface area contributed by atoms with E-state index < -0.39 is 15.3 Å². The lowest BCUT2D eigenvalue weighted by atomic mass is 10.6. The number of hydrogen-bond donors (Lipinski definition) is 0. The van der Waals surface area contributed by atoms with Gasteiger partial charge in [0.05, 0.1) is 0 Å². The van der Waals surface area contributed by atoms with Gasteiger partial charge in [0.15, 0.2) is 15.3 Å². The van der Waals surface area contributed by atoms with Crippen molar-refractivity contribution in [2.75, 3.05) is 6.26 Å². The second-order valence-corrected chi connectivity index (χ2v) is 3.82. The maximum absolute atomic E-state index is 12.1. The molecular weight excluding hydrogens is 131 g/mol.